The minimum absolute atomic E-state index is 0.110. The summed E-state index contributed by atoms with van der Waals surface area (Å²) in [5, 5.41) is 14.9. The summed E-state index contributed by atoms with van der Waals surface area (Å²) in [4.78, 5) is 10.2. The number of aryl methyl sites for hydroxylation is 1. The molecule has 2 aromatic carbocycles. The summed E-state index contributed by atoms with van der Waals surface area (Å²) in [5.74, 6) is 0. The molecule has 2 aromatic rings. The largest absolute Gasteiger partial charge is 0.288 e. The van der Waals surface area contributed by atoms with Crippen molar-refractivity contribution >= 4 is 29.2 Å². The van der Waals surface area contributed by atoms with E-state index in [9.17, 15) is 10.1 Å². The molecule has 0 heterocycles. The van der Waals surface area contributed by atoms with Crippen LogP contribution in [0.25, 0.3) is 0 Å². The maximum atomic E-state index is 10.8. The Labute approximate surface area is 121 Å². The number of hydrogen-bond acceptors (Lipinski definition) is 4. The maximum Gasteiger partial charge on any atom is 0.288 e. The smallest absolute Gasteiger partial charge is 0.278 e. The van der Waals surface area contributed by atoms with Crippen LogP contribution in [0, 0.1) is 17.0 Å². The summed E-state index contributed by atoms with van der Waals surface area (Å²) in [7, 11) is 0. The van der Waals surface area contributed by atoms with Crippen LogP contribution >= 0.6 is 11.6 Å². The molecule has 6 heteroatoms. The van der Waals surface area contributed by atoms with Crippen molar-refractivity contribution in [2.24, 2.45) is 5.10 Å². The van der Waals surface area contributed by atoms with E-state index in [0.717, 1.165) is 11.3 Å². The fourth-order valence-electron chi connectivity index (χ4n) is 1.65. The average Bonchev–Trinajstić information content (AvgIpc) is 2.40. The monoisotopic (exact) mass is 289 g/mol. The van der Waals surface area contributed by atoms with Gasteiger partial charge in [0, 0.05) is 11.6 Å². The summed E-state index contributed by atoms with van der Waals surface area (Å²) >= 11 is 5.74. The van der Waals surface area contributed by atoms with Crippen LogP contribution in [0.2, 0.25) is 5.02 Å². The van der Waals surface area contributed by atoms with Crippen molar-refractivity contribution in [2.45, 2.75) is 6.92 Å². The van der Waals surface area contributed by atoms with Crippen LogP contribution < -0.4 is 5.43 Å². The molecule has 20 heavy (non-hydrogen) atoms. The Balaban J connectivity index is 2.12. The molecule has 0 saturated carbocycles. The van der Waals surface area contributed by atoms with Crippen molar-refractivity contribution in [3.8, 4) is 0 Å². The predicted octanol–water partition coefficient (Wildman–Crippen LogP) is 4.00. The van der Waals surface area contributed by atoms with Gasteiger partial charge in [-0.2, -0.15) is 5.10 Å². The zero-order chi connectivity index (χ0) is 14.5. The second kappa shape index (κ2) is 6.16. The van der Waals surface area contributed by atoms with Crippen molar-refractivity contribution in [1.82, 2.24) is 0 Å². The molecular formula is C14H12ClN3O2. The van der Waals surface area contributed by atoms with Gasteiger partial charge in [0.25, 0.3) is 5.69 Å². The number of nitro benzene ring substituents is 1. The Hall–Kier alpha value is -2.40. The predicted molar refractivity (Wildman–Crippen MR) is 80.5 cm³/mol. The number of nitrogens with zero attached hydrogens (tertiary/aromatic N) is 2. The molecule has 1 N–H and O–H groups in total. The highest BCUT2D eigenvalue weighted by atomic mass is 35.5. The first-order valence-electron chi connectivity index (χ1n) is 5.86. The van der Waals surface area contributed by atoms with Gasteiger partial charge in [-0.15, -0.1) is 0 Å². The molecule has 0 radical (unpaired) electrons. The molecule has 0 saturated heterocycles. The average molecular weight is 290 g/mol. The molecule has 0 atom stereocenters. The summed E-state index contributed by atoms with van der Waals surface area (Å²) in [5.41, 5.74) is 5.30. The van der Waals surface area contributed by atoms with Crippen LogP contribution in [-0.2, 0) is 0 Å². The first-order chi connectivity index (χ1) is 9.56. The fourth-order valence-corrected chi connectivity index (χ4v) is 1.83. The van der Waals surface area contributed by atoms with Crippen LogP contribution in [-0.4, -0.2) is 11.1 Å². The van der Waals surface area contributed by atoms with Gasteiger partial charge in [-0.3, -0.25) is 15.5 Å². The van der Waals surface area contributed by atoms with E-state index in [4.69, 9.17) is 11.6 Å². The quantitative estimate of drug-likeness (QED) is 0.525. The molecule has 0 bridgehead atoms. The number of nitrogens with one attached hydrogen (secondary N) is 1. The molecular weight excluding hydrogens is 278 g/mol. The lowest BCUT2D eigenvalue weighted by molar-refractivity contribution is -0.384. The zero-order valence-electron chi connectivity index (χ0n) is 10.7. The molecule has 5 nitrogen and oxygen atoms in total. The second-order valence-corrected chi connectivity index (χ2v) is 4.61. The van der Waals surface area contributed by atoms with Crippen molar-refractivity contribution in [2.75, 3.05) is 5.43 Å². The minimum Gasteiger partial charge on any atom is -0.278 e. The first kappa shape index (κ1) is 14.0. The van der Waals surface area contributed by atoms with Gasteiger partial charge in [-0.1, -0.05) is 29.8 Å². The number of nitro groups is 1. The van der Waals surface area contributed by atoms with Gasteiger partial charge in [-0.05, 0) is 30.7 Å². The molecule has 0 aromatic heterocycles. The number of halogens is 1. The van der Waals surface area contributed by atoms with Gasteiger partial charge in [0.15, 0.2) is 0 Å². The number of hydrogen-bond donors (Lipinski definition) is 1. The Bertz CT molecular complexity index is 671. The number of rotatable bonds is 4. The van der Waals surface area contributed by atoms with E-state index < -0.39 is 4.92 Å². The second-order valence-electron chi connectivity index (χ2n) is 4.21. The summed E-state index contributed by atoms with van der Waals surface area (Å²) in [6, 6.07) is 12.3. The Kier molecular flexibility index (Phi) is 4.32. The molecule has 0 unspecified atom stereocenters. The third kappa shape index (κ3) is 3.55. The Morgan fingerprint density at radius 3 is 2.80 bits per heavy atom. The van der Waals surface area contributed by atoms with Crippen LogP contribution in [0.3, 0.4) is 0 Å². The van der Waals surface area contributed by atoms with Gasteiger partial charge >= 0.3 is 0 Å². The molecule has 0 fully saturated rings. The SMILES string of the molecule is Cc1cccc(N/N=C\c2ccc(Cl)c([N+](=O)[O-])c2)c1. The van der Waals surface area contributed by atoms with E-state index in [1.165, 1.54) is 18.3 Å². The lowest BCUT2D eigenvalue weighted by Crippen LogP contribution is -1.93. The minimum atomic E-state index is -0.520. The van der Waals surface area contributed by atoms with Gasteiger partial charge in [-0.25, -0.2) is 0 Å². The van der Waals surface area contributed by atoms with E-state index in [-0.39, 0.29) is 10.7 Å². The van der Waals surface area contributed by atoms with Crippen LogP contribution in [0.5, 0.6) is 0 Å². The summed E-state index contributed by atoms with van der Waals surface area (Å²) < 4.78 is 0. The van der Waals surface area contributed by atoms with Gasteiger partial charge in [0.1, 0.15) is 5.02 Å². The molecule has 0 spiro atoms. The van der Waals surface area contributed by atoms with E-state index >= 15 is 0 Å². The first-order valence-corrected chi connectivity index (χ1v) is 6.24. The highest BCUT2D eigenvalue weighted by Crippen LogP contribution is 2.24. The normalized spacial score (nSPS) is 10.7. The number of hydrazone groups is 1. The number of benzene rings is 2. The van der Waals surface area contributed by atoms with Gasteiger partial charge in [0.2, 0.25) is 0 Å². The van der Waals surface area contributed by atoms with Crippen LogP contribution in [0.1, 0.15) is 11.1 Å². The maximum absolute atomic E-state index is 10.8. The fraction of sp³-hybridized carbons (Fsp3) is 0.0714. The third-order valence-electron chi connectivity index (χ3n) is 2.59. The molecule has 0 amide bonds. The lowest BCUT2D eigenvalue weighted by Gasteiger charge is -2.01. The van der Waals surface area contributed by atoms with Crippen molar-refractivity contribution < 1.29 is 4.92 Å². The summed E-state index contributed by atoms with van der Waals surface area (Å²) in [6.45, 7) is 1.98. The van der Waals surface area contributed by atoms with Crippen LogP contribution in [0.4, 0.5) is 11.4 Å². The Morgan fingerprint density at radius 2 is 2.10 bits per heavy atom. The highest BCUT2D eigenvalue weighted by Gasteiger charge is 2.11. The van der Waals surface area contributed by atoms with Gasteiger partial charge < -0.3 is 0 Å². The molecule has 102 valence electrons. The highest BCUT2D eigenvalue weighted by molar-refractivity contribution is 6.32. The zero-order valence-corrected chi connectivity index (χ0v) is 11.5. The van der Waals surface area contributed by atoms with E-state index in [1.807, 2.05) is 31.2 Å². The van der Waals surface area contributed by atoms with Crippen molar-refractivity contribution in [3.63, 3.8) is 0 Å². The van der Waals surface area contributed by atoms with Crippen molar-refractivity contribution in [3.05, 3.63) is 68.7 Å². The lowest BCUT2D eigenvalue weighted by atomic mass is 10.2. The van der Waals surface area contributed by atoms with Crippen LogP contribution in [0.15, 0.2) is 47.6 Å². The molecule has 0 aliphatic carbocycles. The topological polar surface area (TPSA) is 67.5 Å². The standard InChI is InChI=1S/C14H12ClN3O2/c1-10-3-2-4-12(7-10)17-16-9-11-5-6-13(15)14(8-11)18(19)20/h2-9,17H,1H3/b16-9-. The molecule has 2 rings (SSSR count). The third-order valence-corrected chi connectivity index (χ3v) is 2.91. The van der Waals surface area contributed by atoms with Gasteiger partial charge in [0.05, 0.1) is 16.8 Å². The number of anilines is 1. The van der Waals surface area contributed by atoms with E-state index in [0.29, 0.717) is 5.56 Å². The molecule has 0 aliphatic heterocycles. The molecule has 0 aliphatic rings. The van der Waals surface area contributed by atoms with E-state index in [2.05, 4.69) is 10.5 Å². The summed E-state index contributed by atoms with van der Waals surface area (Å²) in [6.07, 6.45) is 1.51. The van der Waals surface area contributed by atoms with E-state index in [1.54, 1.807) is 6.07 Å². The Morgan fingerprint density at radius 1 is 1.30 bits per heavy atom. The van der Waals surface area contributed by atoms with Crippen molar-refractivity contribution in [1.29, 1.82) is 0 Å².